The zero-order valence-electron chi connectivity index (χ0n) is 21.0. The van der Waals surface area contributed by atoms with E-state index in [1.807, 2.05) is 36.4 Å². The molecule has 0 radical (unpaired) electrons. The summed E-state index contributed by atoms with van der Waals surface area (Å²) in [7, 11) is 0.704. The van der Waals surface area contributed by atoms with Crippen LogP contribution in [0.15, 0.2) is 60.7 Å². The highest BCUT2D eigenvalue weighted by molar-refractivity contribution is 6.99. The summed E-state index contributed by atoms with van der Waals surface area (Å²) < 4.78 is 7.25. The van der Waals surface area contributed by atoms with Crippen molar-refractivity contribution in [2.75, 3.05) is 14.1 Å². The van der Waals surface area contributed by atoms with Crippen LogP contribution in [0.1, 0.15) is 46.5 Å². The molecule has 2 amide bonds. The second-order valence-electron chi connectivity index (χ2n) is 10.5. The Morgan fingerprint density at radius 3 is 1.97 bits per heavy atom. The third kappa shape index (κ3) is 5.70. The van der Waals surface area contributed by atoms with Crippen LogP contribution in [0.4, 0.5) is 4.79 Å². The lowest BCUT2D eigenvalue weighted by Gasteiger charge is -2.48. The Kier molecular flexibility index (Phi) is 8.20. The van der Waals surface area contributed by atoms with Crippen LogP contribution in [-0.2, 0) is 9.22 Å². The number of rotatable bonds is 7. The van der Waals surface area contributed by atoms with Gasteiger partial charge in [0.25, 0.3) is 8.32 Å². The van der Waals surface area contributed by atoms with Crippen LogP contribution in [0.25, 0.3) is 0 Å². The van der Waals surface area contributed by atoms with E-state index in [1.54, 1.807) is 19.0 Å². The Bertz CT molecular complexity index is 920. The summed E-state index contributed by atoms with van der Waals surface area (Å²) in [6, 6.07) is 20.4. The van der Waals surface area contributed by atoms with Gasteiger partial charge in [-0.25, -0.2) is 4.79 Å². The number of amides is 2. The van der Waals surface area contributed by atoms with Gasteiger partial charge in [0.1, 0.15) is 0 Å². The Hall–Kier alpha value is -2.64. The largest absolute Gasteiger partial charge is 0.465 e. The first-order valence-corrected chi connectivity index (χ1v) is 13.9. The second-order valence-corrected chi connectivity index (χ2v) is 14.8. The summed E-state index contributed by atoms with van der Waals surface area (Å²) in [5.74, 6) is 0.205. The minimum atomic E-state index is -2.81. The predicted molar refractivity (Wildman–Crippen MR) is 138 cm³/mol. The summed E-state index contributed by atoms with van der Waals surface area (Å²) in [6.45, 7) is 6.67. The van der Waals surface area contributed by atoms with Gasteiger partial charge in [-0.2, -0.15) is 0 Å². The van der Waals surface area contributed by atoms with Gasteiger partial charge >= 0.3 is 6.09 Å². The van der Waals surface area contributed by atoms with Crippen molar-refractivity contribution in [3.05, 3.63) is 60.7 Å². The number of carbonyl (C=O) groups is 2. The van der Waals surface area contributed by atoms with Gasteiger partial charge in [0.05, 0.1) is 12.1 Å². The molecule has 0 bridgehead atoms. The lowest BCUT2D eigenvalue weighted by molar-refractivity contribution is -0.130. The predicted octanol–water partition coefficient (Wildman–Crippen LogP) is 3.85. The molecule has 0 spiro atoms. The highest BCUT2D eigenvalue weighted by Crippen LogP contribution is 2.40. The van der Waals surface area contributed by atoms with Gasteiger partial charge in [-0.15, -0.1) is 0 Å². The Morgan fingerprint density at radius 2 is 1.53 bits per heavy atom. The zero-order chi connectivity index (χ0) is 24.9. The van der Waals surface area contributed by atoms with Crippen molar-refractivity contribution < 1.29 is 19.1 Å². The molecule has 6 nitrogen and oxygen atoms in total. The van der Waals surface area contributed by atoms with Gasteiger partial charge in [0.15, 0.2) is 0 Å². The number of nitrogens with zero attached hydrogens (tertiary/aromatic N) is 1. The van der Waals surface area contributed by atoms with Gasteiger partial charge in [-0.05, 0) is 40.6 Å². The molecule has 2 aromatic rings. The average Bonchev–Trinajstić information content (AvgIpc) is 2.78. The summed E-state index contributed by atoms with van der Waals surface area (Å²) in [5, 5.41) is 14.5. The first-order chi connectivity index (χ1) is 16.0. The molecule has 184 valence electrons. The van der Waals surface area contributed by atoms with Crippen LogP contribution in [-0.4, -0.2) is 56.6 Å². The third-order valence-electron chi connectivity index (χ3n) is 6.91. The molecule has 1 aliphatic carbocycles. The maximum absolute atomic E-state index is 12.3. The standard InChI is InChI=1S/C27H38N2O4Si/c1-27(2,3)34(21-12-8-6-9-13-21,22-14-10-7-11-15-22)33-24-17-16-20(19-25(30)29(4)5)18-23(24)28-26(31)32/h6-15,20,23-24,28H,16-19H2,1-5H3,(H,31,32)/t20-,23+,24+/m0/s1. The lowest BCUT2D eigenvalue weighted by Crippen LogP contribution is -2.69. The fourth-order valence-corrected chi connectivity index (χ4v) is 9.97. The SMILES string of the molecule is CN(C)C(=O)C[C@H]1CC[C@@H](O[Si](c2ccccc2)(c2ccccc2)C(C)(C)C)[C@H](NC(=O)O)C1. The van der Waals surface area contributed by atoms with Crippen LogP contribution >= 0.6 is 0 Å². The van der Waals surface area contributed by atoms with E-state index in [2.05, 4.69) is 50.4 Å². The Balaban J connectivity index is 2.01. The Morgan fingerprint density at radius 1 is 1.00 bits per heavy atom. The summed E-state index contributed by atoms with van der Waals surface area (Å²) >= 11 is 0. The smallest absolute Gasteiger partial charge is 0.404 e. The normalized spacial score (nSPS) is 21.0. The van der Waals surface area contributed by atoms with Crippen molar-refractivity contribution in [3.8, 4) is 0 Å². The van der Waals surface area contributed by atoms with E-state index in [-0.39, 0.29) is 29.0 Å². The van der Waals surface area contributed by atoms with Crippen molar-refractivity contribution >= 4 is 30.7 Å². The molecule has 0 unspecified atom stereocenters. The molecule has 3 atom stereocenters. The van der Waals surface area contributed by atoms with Crippen LogP contribution < -0.4 is 15.7 Å². The minimum Gasteiger partial charge on any atom is -0.465 e. The summed E-state index contributed by atoms with van der Waals surface area (Å²) in [4.78, 5) is 25.6. The van der Waals surface area contributed by atoms with E-state index in [9.17, 15) is 14.7 Å². The molecular formula is C27H38N2O4Si. The maximum Gasteiger partial charge on any atom is 0.404 e. The highest BCUT2D eigenvalue weighted by Gasteiger charge is 2.52. The van der Waals surface area contributed by atoms with E-state index in [0.717, 1.165) is 6.42 Å². The van der Waals surface area contributed by atoms with Gasteiger partial charge in [0.2, 0.25) is 5.91 Å². The summed E-state index contributed by atoms with van der Waals surface area (Å²) in [6.07, 6.45) is 1.24. The van der Waals surface area contributed by atoms with Crippen molar-refractivity contribution in [1.82, 2.24) is 10.2 Å². The van der Waals surface area contributed by atoms with Gasteiger partial charge in [-0.3, -0.25) is 4.79 Å². The molecule has 7 heteroatoms. The van der Waals surface area contributed by atoms with Crippen LogP contribution in [0.2, 0.25) is 5.04 Å². The van der Waals surface area contributed by atoms with E-state index in [4.69, 9.17) is 4.43 Å². The zero-order valence-corrected chi connectivity index (χ0v) is 22.0. The molecule has 0 aromatic heterocycles. The highest BCUT2D eigenvalue weighted by atomic mass is 28.4. The summed E-state index contributed by atoms with van der Waals surface area (Å²) in [5.41, 5.74) is 0. The third-order valence-corrected chi connectivity index (χ3v) is 12.0. The topological polar surface area (TPSA) is 78.9 Å². The molecule has 1 saturated carbocycles. The molecular weight excluding hydrogens is 444 g/mol. The molecule has 0 saturated heterocycles. The fourth-order valence-electron chi connectivity index (χ4n) is 5.21. The molecule has 34 heavy (non-hydrogen) atoms. The first kappa shape index (κ1) is 26.0. The molecule has 0 heterocycles. The quantitative estimate of drug-likeness (QED) is 0.588. The number of carbonyl (C=O) groups excluding carboxylic acids is 1. The van der Waals surface area contributed by atoms with Crippen LogP contribution in [0.5, 0.6) is 0 Å². The van der Waals surface area contributed by atoms with E-state index < -0.39 is 14.4 Å². The molecule has 1 fully saturated rings. The van der Waals surface area contributed by atoms with Crippen molar-refractivity contribution in [1.29, 1.82) is 0 Å². The van der Waals surface area contributed by atoms with Crippen molar-refractivity contribution in [2.24, 2.45) is 5.92 Å². The minimum absolute atomic E-state index is 0.0745. The number of hydrogen-bond donors (Lipinski definition) is 2. The lowest BCUT2D eigenvalue weighted by atomic mass is 9.82. The number of hydrogen-bond acceptors (Lipinski definition) is 3. The van der Waals surface area contributed by atoms with Gasteiger partial charge in [-0.1, -0.05) is 81.4 Å². The number of nitrogens with one attached hydrogen (secondary N) is 1. The number of benzene rings is 2. The van der Waals surface area contributed by atoms with Gasteiger partial charge in [0, 0.05) is 20.5 Å². The Labute approximate surface area is 204 Å². The van der Waals surface area contributed by atoms with E-state index in [0.29, 0.717) is 19.3 Å². The van der Waals surface area contributed by atoms with Crippen molar-refractivity contribution in [2.45, 2.75) is 63.6 Å². The molecule has 1 aliphatic rings. The van der Waals surface area contributed by atoms with Gasteiger partial charge < -0.3 is 19.7 Å². The van der Waals surface area contributed by atoms with Crippen LogP contribution in [0.3, 0.4) is 0 Å². The first-order valence-electron chi connectivity index (χ1n) is 12.0. The maximum atomic E-state index is 12.3. The second kappa shape index (κ2) is 10.7. The van der Waals surface area contributed by atoms with Crippen molar-refractivity contribution in [3.63, 3.8) is 0 Å². The van der Waals surface area contributed by atoms with E-state index >= 15 is 0 Å². The number of carboxylic acid groups (broad SMARTS) is 1. The molecule has 2 aromatic carbocycles. The fraction of sp³-hybridized carbons (Fsp3) is 0.481. The van der Waals surface area contributed by atoms with E-state index in [1.165, 1.54) is 10.4 Å². The monoisotopic (exact) mass is 482 g/mol. The molecule has 2 N–H and O–H groups in total. The average molecular weight is 483 g/mol. The molecule has 3 rings (SSSR count). The van der Waals surface area contributed by atoms with Crippen LogP contribution in [0, 0.1) is 5.92 Å². The molecule has 0 aliphatic heterocycles.